The molecule has 0 N–H and O–H groups in total. The maximum Gasteiger partial charge on any atom is 0.227 e. The molecule has 25 aromatic rings. The van der Waals surface area contributed by atoms with Crippen LogP contribution in [0.15, 0.2) is 321 Å². The molecule has 0 bridgehead atoms. The second-order valence-corrected chi connectivity index (χ2v) is 42.6. The zero-order chi connectivity index (χ0) is 101. The standard InChI is InChI=1S/2C28H27N2O.2C26H25N2O.C24H21N2O/c1-18-21-10-5-6-11-22(21)26-23-12-7-14-29-28(23)31-27(26)25(18)24-17-20(13-15-30(24)2)16-19-8-3-4-9-19;1-18-21-11-6-7-12-22(21)26-23-13-8-16-29-28(23)31-27(26)25(18)24-15-14-20(17-30(24)2)19-9-4-3-5-10-19;1-16-18-9-6-7-10-19(18)23-20-11-8-14-27-25(20)29-24(23)22(16)21-13-12-17(15-28(21)5)26(2,3)4;1-16(2)14-18-11-13-28(4)22(15-18)23-17(3)19-8-5-6-9-20(19)24-21-10-7-12-27-26(21)29-25(23)24;1-14-12-20(26(4)13-15(14)2)21-16(3)17-8-5-6-9-18(17)22-19-10-7-11-25-24(19)27-23(21)22/h5-7,10-15,17,19H,3-4,8-9,16H2,1-2H3;6-8,11-17,19H,3-5,9-10H2,1-2H3;6-15H,1-5H3;5-13,15-16H,14H2,1-4H3;5-13H,1-4H3/q5*+1. The smallest absolute Gasteiger partial charge is 0.227 e. The molecule has 0 saturated heterocycles. The van der Waals surface area contributed by atoms with Crippen LogP contribution in [0.5, 0.6) is 0 Å². The lowest BCUT2D eigenvalue weighted by Gasteiger charge is -2.21. The van der Waals surface area contributed by atoms with Crippen LogP contribution in [0.3, 0.4) is 0 Å². The fraction of sp³-hybridized carbons (Fsp3) is 0.242. The Bertz CT molecular complexity index is 9560. The molecule has 728 valence electrons. The highest BCUT2D eigenvalue weighted by molar-refractivity contribution is 6.28. The molecule has 15 heteroatoms. The molecule has 10 aromatic carbocycles. The molecule has 147 heavy (non-hydrogen) atoms. The molecule has 0 amide bonds. The SMILES string of the molecule is Cc1c(-c2cc(CC(C)C)cc[n+]2C)c2oc3ncccc3c2c2ccccc12.Cc1c(-c2cc(CC3CCCC3)cc[n+]2C)c2oc3ncccc3c2c2ccccc12.Cc1c(-c2ccc(C(C)(C)C)c[n+]2C)c2oc3ncccc3c2c2ccccc12.Cc1c(-c2ccc(C3CCCCC3)c[n+]2C)c2oc3ncccc3c2c2ccccc12.Cc1cc(-c2c(C)c3ccccc3c3c2oc2ncccc23)[n+](C)cc1C. The van der Waals surface area contributed by atoms with Gasteiger partial charge in [0, 0.05) is 144 Å². The predicted molar refractivity (Wildman–Crippen MR) is 600 cm³/mol. The minimum atomic E-state index is 0.104. The summed E-state index contributed by atoms with van der Waals surface area (Å²) in [4.78, 5) is 22.5. The first-order valence-corrected chi connectivity index (χ1v) is 52.3. The molecule has 2 aliphatic rings. The summed E-state index contributed by atoms with van der Waals surface area (Å²) >= 11 is 0. The van der Waals surface area contributed by atoms with Gasteiger partial charge in [-0.05, 0) is 268 Å². The second-order valence-electron chi connectivity index (χ2n) is 42.6. The van der Waals surface area contributed by atoms with Crippen LogP contribution in [0, 0.1) is 60.3 Å². The first kappa shape index (κ1) is 94.6. The summed E-state index contributed by atoms with van der Waals surface area (Å²) in [5.41, 5.74) is 34.2. The molecule has 2 saturated carbocycles. The van der Waals surface area contributed by atoms with Gasteiger partial charge < -0.3 is 22.1 Å². The van der Waals surface area contributed by atoms with Crippen LogP contribution < -0.4 is 22.8 Å². The van der Waals surface area contributed by atoms with E-state index in [1.807, 2.05) is 36.5 Å². The van der Waals surface area contributed by atoms with Gasteiger partial charge in [-0.3, -0.25) is 0 Å². The molecule has 0 radical (unpaired) electrons. The van der Waals surface area contributed by atoms with E-state index >= 15 is 0 Å². The van der Waals surface area contributed by atoms with E-state index in [2.05, 4.69) is 403 Å². The summed E-state index contributed by atoms with van der Waals surface area (Å²) < 4.78 is 43.0. The van der Waals surface area contributed by atoms with Crippen molar-refractivity contribution < 1.29 is 44.9 Å². The predicted octanol–water partition coefficient (Wildman–Crippen LogP) is 31.6. The summed E-state index contributed by atoms with van der Waals surface area (Å²) in [7, 11) is 10.6. The van der Waals surface area contributed by atoms with Crippen molar-refractivity contribution in [2.75, 3.05) is 0 Å². The van der Waals surface area contributed by atoms with Crippen molar-refractivity contribution in [1.29, 1.82) is 0 Å². The Kier molecular flexibility index (Phi) is 24.8. The average Bonchev–Trinajstić information content (AvgIpc) is 1.61. The van der Waals surface area contributed by atoms with Gasteiger partial charge in [0.1, 0.15) is 35.2 Å². The number of benzene rings is 10. The molecular formula is C132H125N10O5+5. The number of pyridine rings is 10. The maximum absolute atomic E-state index is 6.43. The quantitative estimate of drug-likeness (QED) is 0.121. The van der Waals surface area contributed by atoms with Crippen molar-refractivity contribution in [3.63, 3.8) is 0 Å². The number of hydrogen-bond donors (Lipinski definition) is 0. The van der Waals surface area contributed by atoms with E-state index in [-0.39, 0.29) is 5.41 Å². The van der Waals surface area contributed by atoms with Crippen LogP contribution in [0.2, 0.25) is 0 Å². The van der Waals surface area contributed by atoms with Crippen LogP contribution >= 0.6 is 0 Å². The number of furan rings is 5. The van der Waals surface area contributed by atoms with Crippen LogP contribution in [0.4, 0.5) is 0 Å². The van der Waals surface area contributed by atoms with Crippen molar-refractivity contribution in [1.82, 2.24) is 24.9 Å². The highest BCUT2D eigenvalue weighted by Gasteiger charge is 2.34. The molecule has 27 rings (SSSR count). The number of rotatable bonds is 10. The van der Waals surface area contributed by atoms with Gasteiger partial charge in [-0.15, -0.1) is 0 Å². The average molecular weight is 1930 g/mol. The van der Waals surface area contributed by atoms with E-state index in [1.165, 1.54) is 213 Å². The number of aryl methyl sites for hydroxylation is 12. The maximum atomic E-state index is 6.43. The van der Waals surface area contributed by atoms with Crippen molar-refractivity contribution >= 4 is 164 Å². The number of aromatic nitrogens is 10. The van der Waals surface area contributed by atoms with Gasteiger partial charge in [-0.2, -0.15) is 0 Å². The fourth-order valence-corrected chi connectivity index (χ4v) is 24.1. The van der Waals surface area contributed by atoms with E-state index in [1.54, 1.807) is 24.8 Å². The van der Waals surface area contributed by atoms with Gasteiger partial charge in [0.2, 0.25) is 57.0 Å². The third-order valence-corrected chi connectivity index (χ3v) is 31.7. The van der Waals surface area contributed by atoms with Gasteiger partial charge >= 0.3 is 0 Å². The Morgan fingerprint density at radius 3 is 0.932 bits per heavy atom. The molecule has 0 aliphatic heterocycles. The largest absolute Gasteiger partial charge is 0.437 e. The Labute approximate surface area is 856 Å². The molecular weight excluding hydrogens is 1810 g/mol. The van der Waals surface area contributed by atoms with Crippen LogP contribution in [-0.4, -0.2) is 24.9 Å². The molecule has 15 aromatic heterocycles. The lowest BCUT2D eigenvalue weighted by molar-refractivity contribution is -0.661. The van der Waals surface area contributed by atoms with E-state index in [4.69, 9.17) is 22.1 Å². The Balaban J connectivity index is 0.000000101. The van der Waals surface area contributed by atoms with Crippen molar-refractivity contribution in [2.45, 2.75) is 165 Å². The summed E-state index contributed by atoms with van der Waals surface area (Å²) in [6.45, 7) is 26.6. The van der Waals surface area contributed by atoms with E-state index in [0.29, 0.717) is 40.4 Å². The first-order chi connectivity index (χ1) is 71.4. The van der Waals surface area contributed by atoms with Crippen molar-refractivity contribution in [3.05, 3.63) is 360 Å². The van der Waals surface area contributed by atoms with Gasteiger partial charge in [-0.1, -0.05) is 201 Å². The zero-order valence-electron chi connectivity index (χ0n) is 87.3. The molecule has 0 spiro atoms. The topological polar surface area (TPSA) is 150 Å². The van der Waals surface area contributed by atoms with Gasteiger partial charge in [0.25, 0.3) is 0 Å². The molecule has 15 heterocycles. The molecule has 15 nitrogen and oxygen atoms in total. The monoisotopic (exact) mass is 1930 g/mol. The lowest BCUT2D eigenvalue weighted by Crippen LogP contribution is -2.33. The highest BCUT2D eigenvalue weighted by Crippen LogP contribution is 2.50. The van der Waals surface area contributed by atoms with Gasteiger partial charge in [0.15, 0.2) is 58.9 Å². The summed E-state index contributed by atoms with van der Waals surface area (Å²) in [5.74, 6) is 2.14. The van der Waals surface area contributed by atoms with E-state index < -0.39 is 0 Å². The number of hydrogen-bond acceptors (Lipinski definition) is 10. The fourth-order valence-electron chi connectivity index (χ4n) is 24.1. The highest BCUT2D eigenvalue weighted by atomic mass is 16.4. The molecule has 0 unspecified atom stereocenters. The second kappa shape index (κ2) is 38.5. The van der Waals surface area contributed by atoms with Crippen molar-refractivity contribution in [3.8, 4) is 56.3 Å². The first-order valence-electron chi connectivity index (χ1n) is 52.3. The Morgan fingerprint density at radius 2 is 0.592 bits per heavy atom. The minimum absolute atomic E-state index is 0.104. The van der Waals surface area contributed by atoms with E-state index in [9.17, 15) is 0 Å². The summed E-state index contributed by atoms with van der Waals surface area (Å²) in [6.07, 6.45) is 34.6. The summed E-state index contributed by atoms with van der Waals surface area (Å²) in [6, 6.07) is 84.1. The Morgan fingerprint density at radius 1 is 0.293 bits per heavy atom. The van der Waals surface area contributed by atoms with Crippen LogP contribution in [-0.2, 0) is 53.5 Å². The molecule has 0 atom stereocenters. The Hall–Kier alpha value is -16.0. The minimum Gasteiger partial charge on any atom is -0.437 e. The third-order valence-electron chi connectivity index (χ3n) is 31.7. The normalized spacial score (nSPS) is 13.3. The van der Waals surface area contributed by atoms with Gasteiger partial charge in [-0.25, -0.2) is 47.8 Å². The van der Waals surface area contributed by atoms with Gasteiger partial charge in [0.05, 0.1) is 27.8 Å². The third kappa shape index (κ3) is 16.9. The van der Waals surface area contributed by atoms with Crippen molar-refractivity contribution in [2.24, 2.45) is 47.1 Å². The molecule has 2 aliphatic carbocycles. The number of fused-ring (bicyclic) bond motifs is 25. The number of nitrogens with zero attached hydrogens (tertiary/aromatic N) is 10. The summed E-state index contributed by atoms with van der Waals surface area (Å²) in [5, 5.41) is 23.6. The molecule has 2 fully saturated rings. The van der Waals surface area contributed by atoms with Crippen LogP contribution in [0.25, 0.3) is 220 Å². The van der Waals surface area contributed by atoms with E-state index in [0.717, 1.165) is 117 Å². The zero-order valence-corrected chi connectivity index (χ0v) is 87.3. The van der Waals surface area contributed by atoms with Crippen LogP contribution in [0.1, 0.15) is 160 Å². The lowest BCUT2D eigenvalue weighted by atomic mass is 9.84.